The summed E-state index contributed by atoms with van der Waals surface area (Å²) in [6, 6.07) is 5.47. The minimum absolute atomic E-state index is 0.126. The van der Waals surface area contributed by atoms with Gasteiger partial charge in [-0.1, -0.05) is 43.8 Å². The van der Waals surface area contributed by atoms with Crippen molar-refractivity contribution in [3.63, 3.8) is 0 Å². The van der Waals surface area contributed by atoms with E-state index in [4.69, 9.17) is 18.0 Å². The average Bonchev–Trinajstić information content (AvgIpc) is 2.24. The number of nitrogens with two attached hydrogens (primary N) is 1. The smallest absolute Gasteiger partial charge is 0.252 e. The highest BCUT2D eigenvalue weighted by molar-refractivity contribution is 7.80. The van der Waals surface area contributed by atoms with Crippen molar-refractivity contribution in [1.82, 2.24) is 5.32 Å². The molecule has 0 aliphatic heterocycles. The Labute approximate surface area is 114 Å². The molecule has 0 saturated carbocycles. The molecule has 1 rings (SSSR count). The van der Waals surface area contributed by atoms with E-state index in [2.05, 4.69) is 5.32 Å². The Kier molecular flexibility index (Phi) is 4.84. The Morgan fingerprint density at radius 1 is 1.33 bits per heavy atom. The molecule has 18 heavy (non-hydrogen) atoms. The zero-order valence-electron chi connectivity index (χ0n) is 11.3. The van der Waals surface area contributed by atoms with E-state index in [1.54, 1.807) is 0 Å². The number of nitrogens with one attached hydrogen (secondary N) is 1. The molecule has 3 nitrogen and oxygen atoms in total. The normalized spacial score (nSPS) is 12.3. The first kappa shape index (κ1) is 14.6. The van der Waals surface area contributed by atoms with Crippen LogP contribution in [0.15, 0.2) is 18.2 Å². The van der Waals surface area contributed by atoms with Gasteiger partial charge in [0.05, 0.1) is 11.0 Å². The van der Waals surface area contributed by atoms with Gasteiger partial charge in [0, 0.05) is 5.56 Å². The van der Waals surface area contributed by atoms with Crippen LogP contribution in [-0.4, -0.2) is 16.9 Å². The fourth-order valence-corrected chi connectivity index (χ4v) is 2.18. The number of hydrogen-bond donors (Lipinski definition) is 2. The van der Waals surface area contributed by atoms with E-state index in [-0.39, 0.29) is 17.9 Å². The molecule has 0 bridgehead atoms. The first-order valence-electron chi connectivity index (χ1n) is 6.00. The molecule has 0 heterocycles. The zero-order valence-corrected chi connectivity index (χ0v) is 12.1. The molecule has 1 aromatic rings. The first-order valence-corrected chi connectivity index (χ1v) is 6.41. The minimum atomic E-state index is -0.270. The van der Waals surface area contributed by atoms with Gasteiger partial charge in [-0.2, -0.15) is 0 Å². The number of thiocarbonyl (C=S) groups is 1. The molecule has 0 aliphatic rings. The lowest BCUT2D eigenvalue weighted by molar-refractivity contribution is 0.0939. The number of hydrogen-bond acceptors (Lipinski definition) is 2. The van der Waals surface area contributed by atoms with Gasteiger partial charge in [0.1, 0.15) is 0 Å². The lowest BCUT2D eigenvalue weighted by Crippen LogP contribution is -2.46. The molecule has 0 spiro atoms. The van der Waals surface area contributed by atoms with Crippen molar-refractivity contribution in [3.8, 4) is 0 Å². The third-order valence-electron chi connectivity index (χ3n) is 2.89. The van der Waals surface area contributed by atoms with E-state index in [0.717, 1.165) is 11.1 Å². The average molecular weight is 264 g/mol. The van der Waals surface area contributed by atoms with Crippen LogP contribution in [-0.2, 0) is 0 Å². The molecule has 98 valence electrons. The minimum Gasteiger partial charge on any atom is -0.392 e. The Morgan fingerprint density at radius 3 is 2.39 bits per heavy atom. The van der Waals surface area contributed by atoms with Crippen molar-refractivity contribution < 1.29 is 4.79 Å². The van der Waals surface area contributed by atoms with Gasteiger partial charge in [0.15, 0.2) is 0 Å². The summed E-state index contributed by atoms with van der Waals surface area (Å²) >= 11 is 4.98. The lowest BCUT2D eigenvalue weighted by atomic mass is 10.0. The Balaban J connectivity index is 2.91. The number of carbonyl (C=O) groups is 1. The van der Waals surface area contributed by atoms with Gasteiger partial charge in [0.2, 0.25) is 0 Å². The van der Waals surface area contributed by atoms with E-state index in [9.17, 15) is 4.79 Å². The molecule has 1 unspecified atom stereocenters. The van der Waals surface area contributed by atoms with E-state index in [1.165, 1.54) is 0 Å². The number of benzene rings is 1. The van der Waals surface area contributed by atoms with Crippen LogP contribution >= 0.6 is 12.2 Å². The quantitative estimate of drug-likeness (QED) is 0.821. The third-order valence-corrected chi connectivity index (χ3v) is 3.14. The van der Waals surface area contributed by atoms with E-state index in [0.29, 0.717) is 10.6 Å². The summed E-state index contributed by atoms with van der Waals surface area (Å²) in [6.07, 6.45) is 0. The molecule has 0 radical (unpaired) electrons. The molecule has 1 aromatic carbocycles. The number of carbonyl (C=O) groups excluding carboxylic acids is 1. The molecule has 0 saturated heterocycles. The molecule has 0 fully saturated rings. The van der Waals surface area contributed by atoms with Crippen molar-refractivity contribution >= 4 is 23.1 Å². The second-order valence-electron chi connectivity index (χ2n) is 4.92. The fraction of sp³-hybridized carbons (Fsp3) is 0.429. The molecular formula is C14H20N2OS. The van der Waals surface area contributed by atoms with Crippen LogP contribution in [0.5, 0.6) is 0 Å². The van der Waals surface area contributed by atoms with Gasteiger partial charge in [0.25, 0.3) is 5.91 Å². The summed E-state index contributed by atoms with van der Waals surface area (Å²) in [5, 5.41) is 2.89. The maximum atomic E-state index is 12.2. The van der Waals surface area contributed by atoms with Crippen LogP contribution < -0.4 is 11.1 Å². The number of amides is 1. The Morgan fingerprint density at radius 2 is 1.94 bits per heavy atom. The molecule has 4 heteroatoms. The maximum Gasteiger partial charge on any atom is 0.252 e. The van der Waals surface area contributed by atoms with Gasteiger partial charge in [-0.15, -0.1) is 0 Å². The lowest BCUT2D eigenvalue weighted by Gasteiger charge is -2.21. The van der Waals surface area contributed by atoms with Gasteiger partial charge >= 0.3 is 0 Å². The molecule has 3 N–H and O–H groups in total. The molecule has 0 aromatic heterocycles. The van der Waals surface area contributed by atoms with Crippen molar-refractivity contribution in [1.29, 1.82) is 0 Å². The van der Waals surface area contributed by atoms with Crippen molar-refractivity contribution in [2.75, 3.05) is 0 Å². The van der Waals surface area contributed by atoms with Crippen LogP contribution in [0, 0.1) is 19.8 Å². The predicted octanol–water partition coefficient (Wildman–Crippen LogP) is 2.34. The Hall–Kier alpha value is -1.42. The highest BCUT2D eigenvalue weighted by Crippen LogP contribution is 2.11. The van der Waals surface area contributed by atoms with Crippen molar-refractivity contribution in [3.05, 3.63) is 34.9 Å². The standard InChI is InChI=1S/C14H20N2OS/c1-8(2)12(13(15)18)16-14(17)11-6-5-9(3)7-10(11)4/h5-8,12H,1-4H3,(H2,15,18)(H,16,17). The molecular weight excluding hydrogens is 244 g/mol. The summed E-state index contributed by atoms with van der Waals surface area (Å²) in [7, 11) is 0. The maximum absolute atomic E-state index is 12.2. The van der Waals surface area contributed by atoms with Crippen LogP contribution in [0.4, 0.5) is 0 Å². The second-order valence-corrected chi connectivity index (χ2v) is 5.39. The molecule has 1 amide bonds. The van der Waals surface area contributed by atoms with Crippen LogP contribution in [0.1, 0.15) is 35.3 Å². The first-order chi connectivity index (χ1) is 8.32. The Bertz CT molecular complexity index is 469. The SMILES string of the molecule is Cc1ccc(C(=O)NC(C(N)=S)C(C)C)c(C)c1. The largest absolute Gasteiger partial charge is 0.392 e. The third kappa shape index (κ3) is 3.53. The highest BCUT2D eigenvalue weighted by atomic mass is 32.1. The summed E-state index contributed by atoms with van der Waals surface area (Å²) in [4.78, 5) is 12.5. The van der Waals surface area contributed by atoms with E-state index < -0.39 is 0 Å². The second kappa shape index (κ2) is 5.96. The van der Waals surface area contributed by atoms with Crippen LogP contribution in [0.3, 0.4) is 0 Å². The van der Waals surface area contributed by atoms with Crippen molar-refractivity contribution in [2.24, 2.45) is 11.7 Å². The monoisotopic (exact) mass is 264 g/mol. The fourth-order valence-electron chi connectivity index (χ4n) is 1.85. The number of aryl methyl sites for hydroxylation is 2. The van der Waals surface area contributed by atoms with Gasteiger partial charge < -0.3 is 11.1 Å². The van der Waals surface area contributed by atoms with Crippen LogP contribution in [0.2, 0.25) is 0 Å². The number of rotatable bonds is 4. The van der Waals surface area contributed by atoms with E-state index in [1.807, 2.05) is 45.9 Å². The topological polar surface area (TPSA) is 55.1 Å². The van der Waals surface area contributed by atoms with Gasteiger partial charge in [-0.05, 0) is 31.4 Å². The van der Waals surface area contributed by atoms with E-state index >= 15 is 0 Å². The van der Waals surface area contributed by atoms with Gasteiger partial charge in [-0.3, -0.25) is 4.79 Å². The zero-order chi connectivity index (χ0) is 13.9. The predicted molar refractivity (Wildman–Crippen MR) is 78.8 cm³/mol. The highest BCUT2D eigenvalue weighted by Gasteiger charge is 2.20. The summed E-state index contributed by atoms with van der Waals surface area (Å²) in [5.41, 5.74) is 8.41. The summed E-state index contributed by atoms with van der Waals surface area (Å²) < 4.78 is 0. The molecule has 0 aliphatic carbocycles. The van der Waals surface area contributed by atoms with Gasteiger partial charge in [-0.25, -0.2) is 0 Å². The molecule has 1 atom stereocenters. The van der Waals surface area contributed by atoms with Crippen LogP contribution in [0.25, 0.3) is 0 Å². The van der Waals surface area contributed by atoms with Crippen molar-refractivity contribution in [2.45, 2.75) is 33.7 Å². The summed E-state index contributed by atoms with van der Waals surface area (Å²) in [6.45, 7) is 7.88. The summed E-state index contributed by atoms with van der Waals surface area (Å²) in [5.74, 6) is 0.0520.